The number of nitrogens with zero attached hydrogens (tertiary/aromatic N) is 2. The fourth-order valence-electron chi connectivity index (χ4n) is 9.62. The van der Waals surface area contributed by atoms with Crippen LogP contribution in [0.4, 0.5) is 17.1 Å². The molecule has 2 nitrogen and oxygen atoms in total. The van der Waals surface area contributed by atoms with Gasteiger partial charge in [0.15, 0.2) is 0 Å². The number of fused-ring (bicyclic) bond motifs is 14. The molecule has 1 atom stereocenters. The Morgan fingerprint density at radius 2 is 0.981 bits per heavy atom. The normalized spacial score (nSPS) is 16.0. The molecular formula is C49H30N2S. The Balaban J connectivity index is 1.10. The first-order valence-electron chi connectivity index (χ1n) is 17.9. The number of hydrogen-bond acceptors (Lipinski definition) is 2. The van der Waals surface area contributed by atoms with Crippen molar-refractivity contribution in [2.75, 3.05) is 4.90 Å². The molecule has 2 aliphatic heterocycles. The van der Waals surface area contributed by atoms with E-state index in [0.717, 1.165) is 5.69 Å². The zero-order valence-corrected chi connectivity index (χ0v) is 28.9. The third-order valence-corrected chi connectivity index (χ3v) is 12.7. The van der Waals surface area contributed by atoms with Crippen LogP contribution < -0.4 is 4.90 Å². The summed E-state index contributed by atoms with van der Waals surface area (Å²) in [4.78, 5) is 4.95. The summed E-state index contributed by atoms with van der Waals surface area (Å²) in [6, 6.07) is 67.7. The summed E-state index contributed by atoms with van der Waals surface area (Å²) in [6.45, 7) is 0. The van der Waals surface area contributed by atoms with Gasteiger partial charge >= 0.3 is 0 Å². The number of aromatic nitrogens is 1. The van der Waals surface area contributed by atoms with Gasteiger partial charge in [0.2, 0.25) is 0 Å². The second kappa shape index (κ2) is 10.4. The predicted molar refractivity (Wildman–Crippen MR) is 216 cm³/mol. The molecule has 0 fully saturated rings. The molecule has 1 aromatic heterocycles. The molecule has 0 saturated carbocycles. The lowest BCUT2D eigenvalue weighted by atomic mass is 9.65. The molecule has 1 aliphatic carbocycles. The van der Waals surface area contributed by atoms with Gasteiger partial charge in [0.25, 0.3) is 0 Å². The Hall–Kier alpha value is -6.29. The van der Waals surface area contributed by atoms with E-state index in [1.165, 1.54) is 93.2 Å². The number of benzene rings is 8. The highest BCUT2D eigenvalue weighted by Crippen LogP contribution is 2.62. The lowest BCUT2D eigenvalue weighted by Crippen LogP contribution is -2.33. The molecule has 0 bridgehead atoms. The van der Waals surface area contributed by atoms with Crippen LogP contribution in [-0.2, 0) is 5.41 Å². The van der Waals surface area contributed by atoms with Crippen LogP contribution in [-0.4, -0.2) is 4.57 Å². The highest BCUT2D eigenvalue weighted by atomic mass is 32.2. The minimum absolute atomic E-state index is 0.457. The van der Waals surface area contributed by atoms with Crippen molar-refractivity contribution in [3.63, 3.8) is 0 Å². The second-order valence-electron chi connectivity index (χ2n) is 14.0. The smallest absolute Gasteiger partial charge is 0.0754 e. The van der Waals surface area contributed by atoms with Crippen molar-refractivity contribution in [2.45, 2.75) is 15.2 Å². The van der Waals surface area contributed by atoms with Crippen LogP contribution in [0.3, 0.4) is 0 Å². The van der Waals surface area contributed by atoms with Gasteiger partial charge < -0.3 is 9.47 Å². The summed E-state index contributed by atoms with van der Waals surface area (Å²) in [7, 11) is 0. The van der Waals surface area contributed by atoms with Crippen molar-refractivity contribution in [3.05, 3.63) is 204 Å². The number of rotatable bonds is 2. The van der Waals surface area contributed by atoms with Crippen LogP contribution in [0.15, 0.2) is 192 Å². The van der Waals surface area contributed by atoms with Gasteiger partial charge in [-0.05, 0) is 93.0 Å². The first-order chi connectivity index (χ1) is 25.8. The Kier molecular flexibility index (Phi) is 5.67. The lowest BCUT2D eigenvalue weighted by Gasteiger charge is -2.39. The zero-order chi connectivity index (χ0) is 34.0. The SMILES string of the molecule is c1ccc2c(c1)Sc1ccccc1N2c1ccc(-c2cccc3c2-c2ccccc2C32c3ccccc3-n3c4ccccc4c4cccc2c43)cc1. The first kappa shape index (κ1) is 28.4. The van der Waals surface area contributed by atoms with E-state index in [9.17, 15) is 0 Å². The summed E-state index contributed by atoms with van der Waals surface area (Å²) in [5.74, 6) is 0. The largest absolute Gasteiger partial charge is 0.309 e. The fourth-order valence-corrected chi connectivity index (χ4v) is 10.7. The van der Waals surface area contributed by atoms with Gasteiger partial charge in [-0.1, -0.05) is 145 Å². The molecule has 0 amide bonds. The average molecular weight is 679 g/mol. The number of anilines is 3. The van der Waals surface area contributed by atoms with Crippen LogP contribution in [0.5, 0.6) is 0 Å². The summed E-state index contributed by atoms with van der Waals surface area (Å²) in [5.41, 5.74) is 17.5. The van der Waals surface area contributed by atoms with Gasteiger partial charge in [0.1, 0.15) is 0 Å². The fraction of sp³-hybridized carbons (Fsp3) is 0.0204. The molecule has 1 spiro atoms. The van der Waals surface area contributed by atoms with Crippen molar-refractivity contribution < 1.29 is 0 Å². The Bertz CT molecular complexity index is 2910. The van der Waals surface area contributed by atoms with Crippen molar-refractivity contribution in [1.82, 2.24) is 4.57 Å². The maximum Gasteiger partial charge on any atom is 0.0754 e. The summed E-state index contributed by atoms with van der Waals surface area (Å²) >= 11 is 1.85. The molecule has 0 radical (unpaired) electrons. The lowest BCUT2D eigenvalue weighted by molar-refractivity contribution is 0.748. The van der Waals surface area contributed by atoms with Crippen LogP contribution >= 0.6 is 11.8 Å². The molecule has 0 N–H and O–H groups in total. The molecule has 3 heteroatoms. The summed E-state index contributed by atoms with van der Waals surface area (Å²) < 4.78 is 2.51. The van der Waals surface area contributed by atoms with E-state index in [1.54, 1.807) is 0 Å². The van der Waals surface area contributed by atoms with E-state index in [0.29, 0.717) is 0 Å². The zero-order valence-electron chi connectivity index (χ0n) is 28.1. The van der Waals surface area contributed by atoms with Crippen molar-refractivity contribution in [2.24, 2.45) is 0 Å². The van der Waals surface area contributed by atoms with Crippen LogP contribution in [0, 0.1) is 0 Å². The van der Waals surface area contributed by atoms with E-state index in [2.05, 4.69) is 191 Å². The van der Waals surface area contributed by atoms with E-state index < -0.39 is 5.41 Å². The van der Waals surface area contributed by atoms with Crippen molar-refractivity contribution in [3.8, 4) is 27.9 Å². The molecule has 52 heavy (non-hydrogen) atoms. The topological polar surface area (TPSA) is 8.17 Å². The average Bonchev–Trinajstić information content (AvgIpc) is 3.71. The molecular weight excluding hydrogens is 649 g/mol. The second-order valence-corrected chi connectivity index (χ2v) is 15.1. The first-order valence-corrected chi connectivity index (χ1v) is 18.8. The van der Waals surface area contributed by atoms with E-state index in [4.69, 9.17) is 0 Å². The summed E-state index contributed by atoms with van der Waals surface area (Å²) in [6.07, 6.45) is 0. The van der Waals surface area contributed by atoms with Gasteiger partial charge in [0.05, 0.1) is 33.5 Å². The van der Waals surface area contributed by atoms with Gasteiger partial charge in [-0.25, -0.2) is 0 Å². The molecule has 8 aromatic carbocycles. The van der Waals surface area contributed by atoms with Crippen LogP contribution in [0.25, 0.3) is 49.7 Å². The molecule has 3 heterocycles. The van der Waals surface area contributed by atoms with Crippen LogP contribution in [0.2, 0.25) is 0 Å². The number of para-hydroxylation sites is 5. The molecule has 9 aromatic rings. The van der Waals surface area contributed by atoms with Crippen molar-refractivity contribution >= 4 is 50.6 Å². The van der Waals surface area contributed by atoms with Gasteiger partial charge in [-0.15, -0.1) is 0 Å². The molecule has 1 unspecified atom stereocenters. The van der Waals surface area contributed by atoms with Crippen LogP contribution in [0.1, 0.15) is 22.3 Å². The predicted octanol–water partition coefficient (Wildman–Crippen LogP) is 13.1. The molecule has 3 aliphatic rings. The van der Waals surface area contributed by atoms with Gasteiger partial charge in [-0.3, -0.25) is 0 Å². The highest BCUT2D eigenvalue weighted by Gasteiger charge is 2.51. The number of hydrogen-bond donors (Lipinski definition) is 0. The molecule has 242 valence electrons. The van der Waals surface area contributed by atoms with E-state index in [1.807, 2.05) is 11.8 Å². The minimum Gasteiger partial charge on any atom is -0.309 e. The maximum atomic E-state index is 2.51. The third kappa shape index (κ3) is 3.51. The highest BCUT2D eigenvalue weighted by molar-refractivity contribution is 7.99. The summed E-state index contributed by atoms with van der Waals surface area (Å²) in [5, 5.41) is 2.60. The minimum atomic E-state index is -0.457. The van der Waals surface area contributed by atoms with Crippen molar-refractivity contribution in [1.29, 1.82) is 0 Å². The molecule has 12 rings (SSSR count). The quantitative estimate of drug-likeness (QED) is 0.180. The van der Waals surface area contributed by atoms with E-state index in [-0.39, 0.29) is 0 Å². The molecule has 0 saturated heterocycles. The Labute approximate surface area is 306 Å². The standard InChI is InChI=1S/C49H30N2S/c1-3-17-37-36(14-1)47-33(31-27-29-32(30-28-31)50-43-23-7-9-25-45(43)52-46-26-10-8-24-44(46)50)15-11-19-39(47)49(37)38-18-4-6-22-42(38)51-41-21-5-2-13-34(41)35-16-12-20-40(49)48(35)51/h1-30H. The Morgan fingerprint density at radius 3 is 1.79 bits per heavy atom. The van der Waals surface area contributed by atoms with Gasteiger partial charge in [-0.2, -0.15) is 0 Å². The maximum absolute atomic E-state index is 2.51. The van der Waals surface area contributed by atoms with Gasteiger partial charge in [0, 0.05) is 26.3 Å². The monoisotopic (exact) mass is 678 g/mol. The van der Waals surface area contributed by atoms with E-state index >= 15 is 0 Å². The third-order valence-electron chi connectivity index (χ3n) is 11.6. The Morgan fingerprint density at radius 1 is 0.404 bits per heavy atom.